The fraction of sp³-hybridized carbons (Fsp3) is 0.545. The molecule has 1 amide bonds. The second-order valence-corrected chi connectivity index (χ2v) is 5.65. The van der Waals surface area contributed by atoms with Crippen molar-refractivity contribution in [2.75, 3.05) is 7.05 Å². The number of amides is 1. The van der Waals surface area contributed by atoms with Crippen molar-refractivity contribution in [3.05, 3.63) is 16.1 Å². The van der Waals surface area contributed by atoms with Crippen LogP contribution in [0.1, 0.15) is 16.3 Å². The first-order valence-corrected chi connectivity index (χ1v) is 6.19. The van der Waals surface area contributed by atoms with Crippen LogP contribution in [0.2, 0.25) is 0 Å². The minimum Gasteiger partial charge on any atom is -0.481 e. The smallest absolute Gasteiger partial charge is 0.307 e. The van der Waals surface area contributed by atoms with Gasteiger partial charge in [-0.2, -0.15) is 0 Å². The molecule has 92 valence electrons. The SMILES string of the molecule is Cc1ncc(CN(C)C(=O)[C@@H]2C[C@@H]2C(=O)O)s1. The topological polar surface area (TPSA) is 70.5 Å². The van der Waals surface area contributed by atoms with Gasteiger partial charge in [-0.05, 0) is 13.3 Å². The van der Waals surface area contributed by atoms with E-state index in [1.165, 1.54) is 0 Å². The fourth-order valence-electron chi connectivity index (χ4n) is 1.81. The van der Waals surface area contributed by atoms with E-state index in [0.29, 0.717) is 13.0 Å². The van der Waals surface area contributed by atoms with Gasteiger partial charge in [0.1, 0.15) is 0 Å². The lowest BCUT2D eigenvalue weighted by atomic mass is 10.3. The zero-order valence-electron chi connectivity index (χ0n) is 9.71. The zero-order chi connectivity index (χ0) is 12.6. The Morgan fingerprint density at radius 1 is 1.59 bits per heavy atom. The predicted molar refractivity (Wildman–Crippen MR) is 62.6 cm³/mol. The first-order chi connectivity index (χ1) is 7.99. The Morgan fingerprint density at radius 3 is 2.76 bits per heavy atom. The van der Waals surface area contributed by atoms with Gasteiger partial charge in [0.25, 0.3) is 0 Å². The van der Waals surface area contributed by atoms with E-state index in [4.69, 9.17) is 5.11 Å². The van der Waals surface area contributed by atoms with Crippen LogP contribution < -0.4 is 0 Å². The van der Waals surface area contributed by atoms with Crippen molar-refractivity contribution < 1.29 is 14.7 Å². The summed E-state index contributed by atoms with van der Waals surface area (Å²) < 4.78 is 0. The van der Waals surface area contributed by atoms with Gasteiger partial charge in [0.2, 0.25) is 5.91 Å². The summed E-state index contributed by atoms with van der Waals surface area (Å²) in [6.07, 6.45) is 2.23. The third-order valence-electron chi connectivity index (χ3n) is 2.86. The Kier molecular flexibility index (Phi) is 3.15. The number of thiazole rings is 1. The fourth-order valence-corrected chi connectivity index (χ4v) is 2.66. The van der Waals surface area contributed by atoms with Crippen molar-refractivity contribution in [2.24, 2.45) is 11.8 Å². The quantitative estimate of drug-likeness (QED) is 0.874. The van der Waals surface area contributed by atoms with E-state index >= 15 is 0 Å². The van der Waals surface area contributed by atoms with Crippen molar-refractivity contribution in [1.82, 2.24) is 9.88 Å². The molecule has 2 atom stereocenters. The molecule has 0 aliphatic heterocycles. The van der Waals surface area contributed by atoms with E-state index < -0.39 is 11.9 Å². The Hall–Kier alpha value is -1.43. The van der Waals surface area contributed by atoms with Crippen LogP contribution in [0.5, 0.6) is 0 Å². The highest BCUT2D eigenvalue weighted by molar-refractivity contribution is 7.11. The summed E-state index contributed by atoms with van der Waals surface area (Å²) in [6.45, 7) is 2.42. The first-order valence-electron chi connectivity index (χ1n) is 5.38. The van der Waals surface area contributed by atoms with Crippen molar-refractivity contribution >= 4 is 23.2 Å². The number of aryl methyl sites for hydroxylation is 1. The second kappa shape index (κ2) is 4.44. The summed E-state index contributed by atoms with van der Waals surface area (Å²) in [5, 5.41) is 9.74. The highest BCUT2D eigenvalue weighted by atomic mass is 32.1. The van der Waals surface area contributed by atoms with Gasteiger partial charge < -0.3 is 10.0 Å². The summed E-state index contributed by atoms with van der Waals surface area (Å²) in [7, 11) is 1.70. The number of aliphatic carboxylic acids is 1. The molecule has 1 saturated carbocycles. The number of carbonyl (C=O) groups excluding carboxylic acids is 1. The largest absolute Gasteiger partial charge is 0.481 e. The molecule has 1 fully saturated rings. The van der Waals surface area contributed by atoms with Gasteiger partial charge in [-0.25, -0.2) is 4.98 Å². The van der Waals surface area contributed by atoms with Crippen molar-refractivity contribution in [3.8, 4) is 0 Å². The third kappa shape index (κ3) is 2.63. The summed E-state index contributed by atoms with van der Waals surface area (Å²) in [5.74, 6) is -1.76. The minimum atomic E-state index is -0.870. The zero-order valence-corrected chi connectivity index (χ0v) is 10.5. The molecule has 2 rings (SSSR count). The molecule has 1 heterocycles. The highest BCUT2D eigenvalue weighted by Crippen LogP contribution is 2.40. The lowest BCUT2D eigenvalue weighted by Crippen LogP contribution is -2.28. The van der Waals surface area contributed by atoms with E-state index in [0.717, 1.165) is 9.88 Å². The van der Waals surface area contributed by atoms with E-state index in [1.807, 2.05) is 6.92 Å². The molecule has 1 aliphatic carbocycles. The number of rotatable bonds is 4. The van der Waals surface area contributed by atoms with Crippen molar-refractivity contribution in [3.63, 3.8) is 0 Å². The third-order valence-corrected chi connectivity index (χ3v) is 3.76. The van der Waals surface area contributed by atoms with Crippen LogP contribution in [0.15, 0.2) is 6.20 Å². The Labute approximate surface area is 103 Å². The molecule has 1 aliphatic rings. The maximum Gasteiger partial charge on any atom is 0.307 e. The molecule has 17 heavy (non-hydrogen) atoms. The molecular formula is C11H14N2O3S. The lowest BCUT2D eigenvalue weighted by Gasteiger charge is -2.15. The Morgan fingerprint density at radius 2 is 2.29 bits per heavy atom. The molecule has 1 aromatic rings. The van der Waals surface area contributed by atoms with Gasteiger partial charge in [-0.1, -0.05) is 0 Å². The molecular weight excluding hydrogens is 240 g/mol. The van der Waals surface area contributed by atoms with Crippen molar-refractivity contribution in [1.29, 1.82) is 0 Å². The number of hydrogen-bond acceptors (Lipinski definition) is 4. The summed E-state index contributed by atoms with van der Waals surface area (Å²) in [4.78, 5) is 29.3. The van der Waals surface area contributed by atoms with Crippen molar-refractivity contribution in [2.45, 2.75) is 19.9 Å². The van der Waals surface area contributed by atoms with Gasteiger partial charge in [0.05, 0.1) is 23.4 Å². The minimum absolute atomic E-state index is 0.0801. The average Bonchev–Trinajstić information content (AvgIpc) is 2.96. The molecule has 0 unspecified atom stereocenters. The van der Waals surface area contributed by atoms with Gasteiger partial charge >= 0.3 is 5.97 Å². The molecule has 5 nitrogen and oxygen atoms in total. The molecule has 1 aromatic heterocycles. The van der Waals surface area contributed by atoms with Crippen LogP contribution in [0.3, 0.4) is 0 Å². The maximum atomic E-state index is 11.9. The normalized spacial score (nSPS) is 22.2. The first kappa shape index (κ1) is 12.0. The number of hydrogen-bond donors (Lipinski definition) is 1. The summed E-state index contributed by atoms with van der Waals surface area (Å²) in [5.41, 5.74) is 0. The van der Waals surface area contributed by atoms with Gasteiger partial charge in [-0.15, -0.1) is 11.3 Å². The number of carboxylic acids is 1. The van der Waals surface area contributed by atoms with Gasteiger partial charge in [-0.3, -0.25) is 9.59 Å². The van der Waals surface area contributed by atoms with E-state index in [9.17, 15) is 9.59 Å². The molecule has 0 radical (unpaired) electrons. The predicted octanol–water partition coefficient (Wildman–Crippen LogP) is 1.13. The summed E-state index contributed by atoms with van der Waals surface area (Å²) >= 11 is 1.55. The number of nitrogens with zero attached hydrogens (tertiary/aromatic N) is 2. The van der Waals surface area contributed by atoms with Crippen LogP contribution in [-0.2, 0) is 16.1 Å². The number of aromatic nitrogens is 1. The molecule has 0 bridgehead atoms. The molecule has 1 N–H and O–H groups in total. The number of carboxylic acid groups (broad SMARTS) is 1. The Balaban J connectivity index is 1.91. The molecule has 0 saturated heterocycles. The maximum absolute atomic E-state index is 11.9. The monoisotopic (exact) mass is 254 g/mol. The van der Waals surface area contributed by atoms with E-state index in [1.54, 1.807) is 29.5 Å². The standard InChI is InChI=1S/C11H14N2O3S/c1-6-12-4-7(17-6)5-13(2)10(14)8-3-9(8)11(15)16/h4,8-9H,3,5H2,1-2H3,(H,15,16)/t8-,9+/m1/s1. The van der Waals surface area contributed by atoms with Crippen LogP contribution in [0.25, 0.3) is 0 Å². The van der Waals surface area contributed by atoms with Crippen LogP contribution in [0.4, 0.5) is 0 Å². The number of carbonyl (C=O) groups is 2. The van der Waals surface area contributed by atoms with Gasteiger partial charge in [0.15, 0.2) is 0 Å². The van der Waals surface area contributed by atoms with Crippen LogP contribution in [0, 0.1) is 18.8 Å². The molecule has 6 heteroatoms. The van der Waals surface area contributed by atoms with Crippen LogP contribution >= 0.6 is 11.3 Å². The molecule has 0 aromatic carbocycles. The van der Waals surface area contributed by atoms with E-state index in [2.05, 4.69) is 4.98 Å². The summed E-state index contributed by atoms with van der Waals surface area (Å²) in [6, 6.07) is 0. The Bertz CT molecular complexity index is 457. The lowest BCUT2D eigenvalue weighted by molar-refractivity contribution is -0.141. The van der Waals surface area contributed by atoms with Gasteiger partial charge in [0, 0.05) is 18.1 Å². The highest BCUT2D eigenvalue weighted by Gasteiger charge is 2.49. The van der Waals surface area contributed by atoms with E-state index in [-0.39, 0.29) is 11.8 Å². The molecule has 0 spiro atoms. The van der Waals surface area contributed by atoms with Crippen LogP contribution in [-0.4, -0.2) is 33.9 Å². The average molecular weight is 254 g/mol. The second-order valence-electron chi connectivity index (χ2n) is 4.33.